The molecule has 0 radical (unpaired) electrons. The van der Waals surface area contributed by atoms with Crippen LogP contribution in [0.2, 0.25) is 0 Å². The first-order valence-electron chi connectivity index (χ1n) is 7.20. The van der Waals surface area contributed by atoms with Crippen molar-refractivity contribution in [2.75, 3.05) is 13.2 Å². The maximum absolute atomic E-state index is 12.7. The third kappa shape index (κ3) is 2.85. The highest BCUT2D eigenvalue weighted by Crippen LogP contribution is 2.18. The summed E-state index contributed by atoms with van der Waals surface area (Å²) in [5.74, 6) is -0.00384. The van der Waals surface area contributed by atoms with Crippen molar-refractivity contribution in [3.05, 3.63) is 36.0 Å². The monoisotopic (exact) mass is 274 g/mol. The van der Waals surface area contributed by atoms with Crippen molar-refractivity contribution in [2.24, 2.45) is 0 Å². The quantitative estimate of drug-likeness (QED) is 0.851. The zero-order chi connectivity index (χ0) is 14.5. The van der Waals surface area contributed by atoms with E-state index in [2.05, 4.69) is 18.8 Å². The van der Waals surface area contributed by atoms with Gasteiger partial charge in [-0.15, -0.1) is 0 Å². The number of fused-ring (bicyclic) bond motifs is 1. The van der Waals surface area contributed by atoms with E-state index in [-0.39, 0.29) is 18.6 Å². The molecule has 0 bridgehead atoms. The van der Waals surface area contributed by atoms with Crippen molar-refractivity contribution in [1.82, 2.24) is 9.88 Å². The molecule has 0 saturated heterocycles. The lowest BCUT2D eigenvalue weighted by molar-refractivity contribution is 0.0622. The molecule has 1 aromatic heterocycles. The number of aromatic amines is 1. The first-order chi connectivity index (χ1) is 9.71. The second-order valence-electron chi connectivity index (χ2n) is 4.97. The highest BCUT2D eigenvalue weighted by Gasteiger charge is 2.22. The lowest BCUT2D eigenvalue weighted by Crippen LogP contribution is -2.41. The summed E-state index contributed by atoms with van der Waals surface area (Å²) in [4.78, 5) is 17.6. The SMILES string of the molecule is CCC(CC)N(CCO)C(=O)c1ccc2[nH]ccc2c1. The van der Waals surface area contributed by atoms with Gasteiger partial charge in [-0.05, 0) is 37.1 Å². The number of carbonyl (C=O) groups is 1. The summed E-state index contributed by atoms with van der Waals surface area (Å²) >= 11 is 0. The summed E-state index contributed by atoms with van der Waals surface area (Å²) in [6.45, 7) is 4.52. The Morgan fingerprint density at radius 1 is 1.30 bits per heavy atom. The van der Waals surface area contributed by atoms with Crippen LogP contribution in [0.5, 0.6) is 0 Å². The lowest BCUT2D eigenvalue weighted by atomic mass is 10.1. The van der Waals surface area contributed by atoms with Crippen LogP contribution in [-0.2, 0) is 0 Å². The minimum absolute atomic E-state index is 0.00384. The molecule has 2 aromatic rings. The van der Waals surface area contributed by atoms with E-state index < -0.39 is 0 Å². The van der Waals surface area contributed by atoms with E-state index in [1.807, 2.05) is 30.5 Å². The molecule has 4 nitrogen and oxygen atoms in total. The van der Waals surface area contributed by atoms with Crippen LogP contribution in [-0.4, -0.2) is 40.1 Å². The maximum atomic E-state index is 12.7. The predicted molar refractivity (Wildman–Crippen MR) is 80.8 cm³/mol. The molecule has 0 aliphatic rings. The standard InChI is InChI=1S/C16H22N2O2/c1-3-14(4-2)18(9-10-19)16(20)13-5-6-15-12(11-13)7-8-17-15/h5-8,11,14,17,19H,3-4,9-10H2,1-2H3. The van der Waals surface area contributed by atoms with E-state index in [1.54, 1.807) is 4.90 Å². The zero-order valence-electron chi connectivity index (χ0n) is 12.1. The molecule has 20 heavy (non-hydrogen) atoms. The van der Waals surface area contributed by atoms with Crippen molar-refractivity contribution in [3.8, 4) is 0 Å². The summed E-state index contributed by atoms with van der Waals surface area (Å²) < 4.78 is 0. The molecular formula is C16H22N2O2. The Morgan fingerprint density at radius 3 is 2.70 bits per heavy atom. The molecule has 1 amide bonds. The van der Waals surface area contributed by atoms with Gasteiger partial charge in [-0.25, -0.2) is 0 Å². The van der Waals surface area contributed by atoms with Gasteiger partial charge in [0.2, 0.25) is 0 Å². The van der Waals surface area contributed by atoms with Crippen molar-refractivity contribution >= 4 is 16.8 Å². The van der Waals surface area contributed by atoms with E-state index in [1.165, 1.54) is 0 Å². The van der Waals surface area contributed by atoms with Crippen LogP contribution < -0.4 is 0 Å². The zero-order valence-corrected chi connectivity index (χ0v) is 12.1. The van der Waals surface area contributed by atoms with Gasteiger partial charge in [0.15, 0.2) is 0 Å². The molecule has 1 heterocycles. The molecule has 2 rings (SSSR count). The highest BCUT2D eigenvalue weighted by atomic mass is 16.3. The second-order valence-corrected chi connectivity index (χ2v) is 4.97. The number of aromatic nitrogens is 1. The topological polar surface area (TPSA) is 56.3 Å². The van der Waals surface area contributed by atoms with E-state index in [9.17, 15) is 9.90 Å². The molecule has 0 saturated carbocycles. The van der Waals surface area contributed by atoms with Gasteiger partial charge in [0.05, 0.1) is 6.61 Å². The third-order valence-corrected chi connectivity index (χ3v) is 3.79. The lowest BCUT2D eigenvalue weighted by Gasteiger charge is -2.30. The number of aliphatic hydroxyl groups excluding tert-OH is 1. The minimum atomic E-state index is -0.00532. The smallest absolute Gasteiger partial charge is 0.254 e. The summed E-state index contributed by atoms with van der Waals surface area (Å²) in [7, 11) is 0. The van der Waals surface area contributed by atoms with Crippen LogP contribution in [0, 0.1) is 0 Å². The number of hydrogen-bond donors (Lipinski definition) is 2. The van der Waals surface area contributed by atoms with Crippen molar-refractivity contribution in [2.45, 2.75) is 32.7 Å². The first-order valence-corrected chi connectivity index (χ1v) is 7.20. The number of nitrogens with one attached hydrogen (secondary N) is 1. The number of rotatable bonds is 6. The Balaban J connectivity index is 2.29. The second kappa shape index (κ2) is 6.57. The van der Waals surface area contributed by atoms with Crippen molar-refractivity contribution in [1.29, 1.82) is 0 Å². The number of hydrogen-bond acceptors (Lipinski definition) is 2. The fraction of sp³-hybridized carbons (Fsp3) is 0.438. The Kier molecular flexibility index (Phi) is 4.79. The molecule has 0 atom stereocenters. The third-order valence-electron chi connectivity index (χ3n) is 3.79. The Bertz CT molecular complexity index is 573. The number of carbonyl (C=O) groups excluding carboxylic acids is 1. The summed E-state index contributed by atoms with van der Waals surface area (Å²) in [6.07, 6.45) is 3.66. The molecule has 1 aromatic carbocycles. The number of benzene rings is 1. The van der Waals surface area contributed by atoms with Crippen LogP contribution >= 0.6 is 0 Å². The van der Waals surface area contributed by atoms with E-state index in [4.69, 9.17) is 0 Å². The van der Waals surface area contributed by atoms with Gasteiger partial charge in [-0.2, -0.15) is 0 Å². The van der Waals surface area contributed by atoms with Crippen LogP contribution in [0.25, 0.3) is 10.9 Å². The van der Waals surface area contributed by atoms with Gasteiger partial charge >= 0.3 is 0 Å². The number of H-pyrrole nitrogens is 1. The van der Waals surface area contributed by atoms with Crippen LogP contribution in [0.4, 0.5) is 0 Å². The predicted octanol–water partition coefficient (Wildman–Crippen LogP) is 2.79. The first kappa shape index (κ1) is 14.6. The number of nitrogens with zero attached hydrogens (tertiary/aromatic N) is 1. The summed E-state index contributed by atoms with van der Waals surface area (Å²) in [6, 6.07) is 7.80. The Labute approximate surface area is 119 Å². The molecule has 108 valence electrons. The molecule has 0 unspecified atom stereocenters. The maximum Gasteiger partial charge on any atom is 0.254 e. The average Bonchev–Trinajstić information content (AvgIpc) is 2.94. The van der Waals surface area contributed by atoms with Crippen molar-refractivity contribution < 1.29 is 9.90 Å². The normalized spacial score (nSPS) is 11.2. The van der Waals surface area contributed by atoms with Crippen LogP contribution in [0.15, 0.2) is 30.5 Å². The van der Waals surface area contributed by atoms with Gasteiger partial charge in [0, 0.05) is 35.2 Å². The molecule has 0 fully saturated rings. The molecule has 4 heteroatoms. The summed E-state index contributed by atoms with van der Waals surface area (Å²) in [5.41, 5.74) is 1.70. The van der Waals surface area contributed by atoms with Gasteiger partial charge in [0.1, 0.15) is 0 Å². The Hall–Kier alpha value is -1.81. The van der Waals surface area contributed by atoms with E-state index in [0.717, 1.165) is 23.7 Å². The largest absolute Gasteiger partial charge is 0.395 e. The number of aliphatic hydroxyl groups is 1. The minimum Gasteiger partial charge on any atom is -0.395 e. The van der Waals surface area contributed by atoms with E-state index in [0.29, 0.717) is 12.1 Å². The molecule has 0 aliphatic carbocycles. The van der Waals surface area contributed by atoms with Gasteiger partial charge < -0.3 is 15.0 Å². The average molecular weight is 274 g/mol. The molecule has 0 spiro atoms. The molecule has 2 N–H and O–H groups in total. The fourth-order valence-electron chi connectivity index (χ4n) is 2.64. The molecular weight excluding hydrogens is 252 g/mol. The summed E-state index contributed by atoms with van der Waals surface area (Å²) in [5, 5.41) is 10.2. The Morgan fingerprint density at radius 2 is 2.05 bits per heavy atom. The van der Waals surface area contributed by atoms with Gasteiger partial charge in [-0.3, -0.25) is 4.79 Å². The van der Waals surface area contributed by atoms with Crippen molar-refractivity contribution in [3.63, 3.8) is 0 Å². The highest BCUT2D eigenvalue weighted by molar-refractivity contribution is 5.98. The van der Waals surface area contributed by atoms with Gasteiger partial charge in [0.25, 0.3) is 5.91 Å². The van der Waals surface area contributed by atoms with E-state index >= 15 is 0 Å². The number of amides is 1. The molecule has 0 aliphatic heterocycles. The van der Waals surface area contributed by atoms with Gasteiger partial charge in [-0.1, -0.05) is 13.8 Å². The van der Waals surface area contributed by atoms with Crippen LogP contribution in [0.3, 0.4) is 0 Å². The van der Waals surface area contributed by atoms with Crippen LogP contribution in [0.1, 0.15) is 37.0 Å². The fourth-order valence-corrected chi connectivity index (χ4v) is 2.64.